The lowest BCUT2D eigenvalue weighted by atomic mass is 9.82. The first kappa shape index (κ1) is 15.3. The lowest BCUT2D eigenvalue weighted by molar-refractivity contribution is 0.0819. The minimum Gasteiger partial charge on any atom is -0.486 e. The minimum absolute atomic E-state index is 0.0740. The van der Waals surface area contributed by atoms with E-state index in [1.54, 1.807) is 19.1 Å². The molecule has 0 bridgehead atoms. The Morgan fingerprint density at radius 1 is 1.30 bits per heavy atom. The van der Waals surface area contributed by atoms with Crippen molar-refractivity contribution < 1.29 is 9.13 Å². The van der Waals surface area contributed by atoms with Crippen molar-refractivity contribution in [3.8, 4) is 5.75 Å². The molecule has 0 heterocycles. The maximum absolute atomic E-state index is 14.1. The molecular weight excluding hydrogens is 253 g/mol. The van der Waals surface area contributed by atoms with Crippen LogP contribution in [0.3, 0.4) is 0 Å². The quantitative estimate of drug-likeness (QED) is 0.877. The van der Waals surface area contributed by atoms with Crippen LogP contribution in [0.25, 0.3) is 0 Å². The number of benzene rings is 1. The van der Waals surface area contributed by atoms with Crippen LogP contribution in [0.1, 0.15) is 45.1 Å². The first-order chi connectivity index (χ1) is 9.65. The Kier molecular flexibility index (Phi) is 5.41. The fourth-order valence-electron chi connectivity index (χ4n) is 3.08. The van der Waals surface area contributed by atoms with Crippen molar-refractivity contribution in [2.24, 2.45) is 5.92 Å². The summed E-state index contributed by atoms with van der Waals surface area (Å²) in [6.45, 7) is 7.04. The molecule has 1 aliphatic rings. The molecule has 0 saturated heterocycles. The van der Waals surface area contributed by atoms with E-state index in [4.69, 9.17) is 4.74 Å². The summed E-state index contributed by atoms with van der Waals surface area (Å²) < 4.78 is 20.1. The van der Waals surface area contributed by atoms with Crippen molar-refractivity contribution >= 4 is 0 Å². The summed E-state index contributed by atoms with van der Waals surface area (Å²) in [5.41, 5.74) is 0.644. The molecule has 0 amide bonds. The van der Waals surface area contributed by atoms with E-state index in [-0.39, 0.29) is 11.9 Å². The molecule has 1 aliphatic carbocycles. The fourth-order valence-corrected chi connectivity index (χ4v) is 3.08. The third-order valence-corrected chi connectivity index (χ3v) is 4.38. The number of hydrogen-bond donors (Lipinski definition) is 1. The average Bonchev–Trinajstić information content (AvgIpc) is 2.46. The molecule has 0 aromatic heterocycles. The van der Waals surface area contributed by atoms with Gasteiger partial charge in [0.25, 0.3) is 0 Å². The van der Waals surface area contributed by atoms with Crippen molar-refractivity contribution in [1.82, 2.24) is 5.32 Å². The lowest BCUT2D eigenvalue weighted by Gasteiger charge is -2.36. The van der Waals surface area contributed by atoms with E-state index in [0.29, 0.717) is 23.3 Å². The van der Waals surface area contributed by atoms with E-state index < -0.39 is 0 Å². The standard InChI is InChI=1S/C17H26FNO/c1-4-13-9-10-14(19-5-2)16(11-13)20-15-8-6-7-12(3)17(15)18/h6-8,13-14,16,19H,4-5,9-11H2,1-3H3. The van der Waals surface area contributed by atoms with Gasteiger partial charge in [-0.05, 0) is 50.3 Å². The molecule has 0 radical (unpaired) electrons. The lowest BCUT2D eigenvalue weighted by Crippen LogP contribution is -2.47. The summed E-state index contributed by atoms with van der Waals surface area (Å²) in [7, 11) is 0. The Bertz CT molecular complexity index is 435. The van der Waals surface area contributed by atoms with Gasteiger partial charge in [-0.3, -0.25) is 0 Å². The predicted octanol–water partition coefficient (Wildman–Crippen LogP) is 4.07. The first-order valence-electron chi connectivity index (χ1n) is 7.80. The van der Waals surface area contributed by atoms with Gasteiger partial charge >= 0.3 is 0 Å². The highest BCUT2D eigenvalue weighted by molar-refractivity contribution is 5.30. The predicted molar refractivity (Wildman–Crippen MR) is 80.6 cm³/mol. The highest BCUT2D eigenvalue weighted by atomic mass is 19.1. The number of hydrogen-bond acceptors (Lipinski definition) is 2. The van der Waals surface area contributed by atoms with Crippen molar-refractivity contribution in [3.63, 3.8) is 0 Å². The Balaban J connectivity index is 2.12. The fraction of sp³-hybridized carbons (Fsp3) is 0.647. The molecule has 3 heteroatoms. The molecule has 1 aromatic rings. The van der Waals surface area contributed by atoms with Crippen LogP contribution in [0.2, 0.25) is 0 Å². The van der Waals surface area contributed by atoms with Crippen molar-refractivity contribution in [1.29, 1.82) is 0 Å². The van der Waals surface area contributed by atoms with Crippen LogP contribution in [-0.2, 0) is 0 Å². The van der Waals surface area contributed by atoms with Gasteiger partial charge in [0.05, 0.1) is 0 Å². The topological polar surface area (TPSA) is 21.3 Å². The Labute approximate surface area is 121 Å². The Morgan fingerprint density at radius 2 is 2.10 bits per heavy atom. The van der Waals surface area contributed by atoms with Crippen molar-refractivity contribution in [2.75, 3.05) is 6.54 Å². The monoisotopic (exact) mass is 279 g/mol. The zero-order valence-electron chi connectivity index (χ0n) is 12.8. The third kappa shape index (κ3) is 3.51. The zero-order valence-corrected chi connectivity index (χ0v) is 12.8. The molecule has 1 fully saturated rings. The summed E-state index contributed by atoms with van der Waals surface area (Å²) >= 11 is 0. The number of likely N-dealkylation sites (N-methyl/N-ethyl adjacent to an activating group) is 1. The van der Waals surface area contributed by atoms with Gasteiger partial charge in [-0.1, -0.05) is 32.4 Å². The molecule has 20 heavy (non-hydrogen) atoms. The Hall–Kier alpha value is -1.09. The van der Waals surface area contributed by atoms with E-state index in [1.807, 2.05) is 6.07 Å². The summed E-state index contributed by atoms with van der Waals surface area (Å²) in [6, 6.07) is 5.71. The molecule has 1 aromatic carbocycles. The molecule has 2 nitrogen and oxygen atoms in total. The number of halogens is 1. The average molecular weight is 279 g/mol. The van der Waals surface area contributed by atoms with Gasteiger partial charge in [0.2, 0.25) is 0 Å². The van der Waals surface area contributed by atoms with E-state index >= 15 is 0 Å². The second-order valence-electron chi connectivity index (χ2n) is 5.79. The highest BCUT2D eigenvalue weighted by Crippen LogP contribution is 2.31. The van der Waals surface area contributed by atoms with Crippen molar-refractivity contribution in [2.45, 2.75) is 58.6 Å². The Morgan fingerprint density at radius 3 is 2.80 bits per heavy atom. The summed E-state index contributed by atoms with van der Waals surface area (Å²) in [5.74, 6) is 0.874. The number of aryl methyl sites for hydroxylation is 1. The molecule has 0 aliphatic heterocycles. The van der Waals surface area contributed by atoms with E-state index in [1.165, 1.54) is 12.8 Å². The molecule has 1 N–H and O–H groups in total. The summed E-state index contributed by atoms with van der Waals surface area (Å²) in [5, 5.41) is 3.49. The molecule has 0 spiro atoms. The molecule has 3 unspecified atom stereocenters. The smallest absolute Gasteiger partial charge is 0.167 e. The molecular formula is C17H26FNO. The minimum atomic E-state index is -0.221. The maximum atomic E-state index is 14.1. The van der Waals surface area contributed by atoms with E-state index in [9.17, 15) is 4.39 Å². The number of rotatable bonds is 5. The maximum Gasteiger partial charge on any atom is 0.167 e. The molecule has 112 valence electrons. The molecule has 2 rings (SSSR count). The SMILES string of the molecule is CCNC1CCC(CC)CC1Oc1cccc(C)c1F. The largest absolute Gasteiger partial charge is 0.486 e. The zero-order chi connectivity index (χ0) is 14.5. The van der Waals surface area contributed by atoms with Crippen LogP contribution < -0.4 is 10.1 Å². The van der Waals surface area contributed by atoms with Crippen LogP contribution in [0.5, 0.6) is 5.75 Å². The van der Waals surface area contributed by atoms with Crippen LogP contribution in [0.4, 0.5) is 4.39 Å². The normalized spacial score (nSPS) is 26.5. The highest BCUT2D eigenvalue weighted by Gasteiger charge is 2.31. The van der Waals surface area contributed by atoms with Gasteiger partial charge in [0, 0.05) is 6.04 Å². The second-order valence-corrected chi connectivity index (χ2v) is 5.79. The van der Waals surface area contributed by atoms with Crippen LogP contribution in [0, 0.1) is 18.7 Å². The third-order valence-electron chi connectivity index (χ3n) is 4.38. The van der Waals surface area contributed by atoms with Gasteiger partial charge in [0.15, 0.2) is 11.6 Å². The van der Waals surface area contributed by atoms with Crippen LogP contribution in [0.15, 0.2) is 18.2 Å². The van der Waals surface area contributed by atoms with Crippen molar-refractivity contribution in [3.05, 3.63) is 29.6 Å². The number of nitrogens with one attached hydrogen (secondary N) is 1. The van der Waals surface area contributed by atoms with Gasteiger partial charge in [-0.15, -0.1) is 0 Å². The van der Waals surface area contributed by atoms with Crippen LogP contribution >= 0.6 is 0 Å². The van der Waals surface area contributed by atoms with E-state index in [2.05, 4.69) is 19.2 Å². The van der Waals surface area contributed by atoms with Gasteiger partial charge < -0.3 is 10.1 Å². The van der Waals surface area contributed by atoms with Gasteiger partial charge in [-0.2, -0.15) is 0 Å². The molecule has 3 atom stereocenters. The van der Waals surface area contributed by atoms with E-state index in [0.717, 1.165) is 19.4 Å². The number of ether oxygens (including phenoxy) is 1. The van der Waals surface area contributed by atoms with Crippen LogP contribution in [-0.4, -0.2) is 18.7 Å². The summed E-state index contributed by atoms with van der Waals surface area (Å²) in [4.78, 5) is 0. The first-order valence-corrected chi connectivity index (χ1v) is 7.80. The second kappa shape index (κ2) is 7.07. The van der Waals surface area contributed by atoms with Gasteiger partial charge in [-0.25, -0.2) is 4.39 Å². The summed E-state index contributed by atoms with van der Waals surface area (Å²) in [6.07, 6.45) is 4.62. The molecule has 1 saturated carbocycles. The van der Waals surface area contributed by atoms with Gasteiger partial charge in [0.1, 0.15) is 6.10 Å².